The number of esters is 2. The summed E-state index contributed by atoms with van der Waals surface area (Å²) in [6.07, 6.45) is 36.2. The number of phosphoric ester groups is 1. The van der Waals surface area contributed by atoms with E-state index in [0.717, 1.165) is 57.8 Å². The monoisotopic (exact) mass is 760 g/mol. The van der Waals surface area contributed by atoms with Crippen LogP contribution in [0, 0.1) is 0 Å². The first-order chi connectivity index (χ1) is 25.0. The third-order valence-corrected chi connectivity index (χ3v) is 9.94. The Hall–Kier alpha value is -1.51. The van der Waals surface area contributed by atoms with Crippen LogP contribution in [-0.2, 0) is 32.7 Å². The minimum atomic E-state index is -4.62. The van der Waals surface area contributed by atoms with Crippen molar-refractivity contribution >= 4 is 19.8 Å². The van der Waals surface area contributed by atoms with Gasteiger partial charge in [-0.05, 0) is 44.9 Å². The number of rotatable bonds is 38. The van der Waals surface area contributed by atoms with Crippen LogP contribution in [0.15, 0.2) is 24.3 Å². The highest BCUT2D eigenvalue weighted by Gasteiger charge is 2.21. The fourth-order valence-electron chi connectivity index (χ4n) is 5.63. The molecule has 0 bridgehead atoms. The first kappa shape index (κ1) is 50.5. The van der Waals surface area contributed by atoms with Gasteiger partial charge in [0, 0.05) is 12.8 Å². The van der Waals surface area contributed by atoms with E-state index in [0.29, 0.717) is 17.4 Å². The van der Waals surface area contributed by atoms with Crippen LogP contribution in [-0.4, -0.2) is 70.0 Å². The molecule has 0 N–H and O–H groups in total. The summed E-state index contributed by atoms with van der Waals surface area (Å²) in [4.78, 5) is 37.4. The molecule has 9 nitrogen and oxygen atoms in total. The first-order valence-corrected chi connectivity index (χ1v) is 22.5. The van der Waals surface area contributed by atoms with Crippen molar-refractivity contribution in [2.75, 3.05) is 47.5 Å². The van der Waals surface area contributed by atoms with Gasteiger partial charge < -0.3 is 27.9 Å². The molecular formula is C42H80NO8P. The molecule has 0 heterocycles. The molecule has 1 unspecified atom stereocenters. The molecule has 0 aliphatic heterocycles. The Kier molecular flexibility index (Phi) is 34.2. The molecule has 0 aromatic rings. The molecule has 0 saturated carbocycles. The van der Waals surface area contributed by atoms with E-state index in [4.69, 9.17) is 18.5 Å². The van der Waals surface area contributed by atoms with E-state index in [1.54, 1.807) is 0 Å². The van der Waals surface area contributed by atoms with Gasteiger partial charge in [-0.25, -0.2) is 0 Å². The van der Waals surface area contributed by atoms with E-state index in [1.807, 2.05) is 21.1 Å². The van der Waals surface area contributed by atoms with Crippen LogP contribution in [0.4, 0.5) is 0 Å². The summed E-state index contributed by atoms with van der Waals surface area (Å²) >= 11 is 0. The molecule has 2 atom stereocenters. The SMILES string of the molecule is CCCCC/C=C\C/C=C\CCCCCCC[14C](=O)O[C@H](COC(=O)CCCCCCCCCCCCCCC)COP(=O)([O-])OCC[N+](C)(C)C. The van der Waals surface area contributed by atoms with Crippen molar-refractivity contribution in [3.05, 3.63) is 24.3 Å². The molecule has 0 aliphatic carbocycles. The molecule has 0 aromatic carbocycles. The third-order valence-electron chi connectivity index (χ3n) is 8.97. The Balaban J connectivity index is 4.41. The molecule has 0 saturated heterocycles. The summed E-state index contributed by atoms with van der Waals surface area (Å²) in [6.45, 7) is 4.18. The smallest absolute Gasteiger partial charge is 0.306 e. The van der Waals surface area contributed by atoms with Crippen molar-refractivity contribution in [2.45, 2.75) is 187 Å². The number of nitrogens with zero attached hydrogens (tertiary/aromatic N) is 1. The summed E-state index contributed by atoms with van der Waals surface area (Å²) in [5, 5.41) is 0. The van der Waals surface area contributed by atoms with Crippen LogP contribution in [0.5, 0.6) is 0 Å². The lowest BCUT2D eigenvalue weighted by Gasteiger charge is -2.28. The predicted molar refractivity (Wildman–Crippen MR) is 213 cm³/mol. The van der Waals surface area contributed by atoms with E-state index in [2.05, 4.69) is 38.2 Å². The summed E-state index contributed by atoms with van der Waals surface area (Å²) < 4.78 is 33.8. The predicted octanol–water partition coefficient (Wildman–Crippen LogP) is 10.9. The van der Waals surface area contributed by atoms with E-state index in [-0.39, 0.29) is 32.0 Å². The van der Waals surface area contributed by atoms with Crippen molar-refractivity contribution in [3.8, 4) is 0 Å². The van der Waals surface area contributed by atoms with E-state index >= 15 is 0 Å². The molecular weight excluding hydrogens is 679 g/mol. The summed E-state index contributed by atoms with van der Waals surface area (Å²) in [6, 6.07) is 0. The molecule has 0 amide bonds. The fraction of sp³-hybridized carbons (Fsp3) is 0.857. The minimum Gasteiger partial charge on any atom is -0.756 e. The highest BCUT2D eigenvalue weighted by atomic mass is 31.2. The Labute approximate surface area is 319 Å². The Morgan fingerprint density at radius 2 is 1.15 bits per heavy atom. The van der Waals surface area contributed by atoms with Gasteiger partial charge in [-0.15, -0.1) is 0 Å². The summed E-state index contributed by atoms with van der Waals surface area (Å²) in [5.74, 6) is -0.846. The van der Waals surface area contributed by atoms with Crippen molar-refractivity contribution in [1.82, 2.24) is 0 Å². The maximum Gasteiger partial charge on any atom is 0.306 e. The number of hydrogen-bond acceptors (Lipinski definition) is 8. The molecule has 306 valence electrons. The number of phosphoric acid groups is 1. The van der Waals surface area contributed by atoms with Crippen LogP contribution < -0.4 is 4.89 Å². The lowest BCUT2D eigenvalue weighted by atomic mass is 10.0. The molecule has 0 spiro atoms. The maximum atomic E-state index is 12.6. The first-order valence-electron chi connectivity index (χ1n) is 21.0. The number of likely N-dealkylation sites (N-methyl/N-ethyl adjacent to an activating group) is 1. The van der Waals surface area contributed by atoms with Gasteiger partial charge in [0.15, 0.2) is 6.10 Å². The number of carbonyl (C=O) groups excluding carboxylic acids is 2. The number of carbonyl (C=O) groups is 2. The average Bonchev–Trinajstić information content (AvgIpc) is 3.09. The second-order valence-electron chi connectivity index (χ2n) is 15.4. The standard InChI is InChI=1S/C42H80NO8P/c1-6-8-10-12-14-16-18-20-21-23-25-27-29-31-33-35-42(45)51-40(39-50-52(46,47)49-37-36-43(3,4)5)38-48-41(44)34-32-30-28-26-24-22-19-17-15-13-11-9-7-2/h14,16,20-21,40H,6-13,15,17-19,22-39H2,1-5H3/b16-14-,21-20-/t40-/m1/s1/i42+2. The average molecular weight is 760 g/mol. The largest absolute Gasteiger partial charge is 0.756 e. The van der Waals surface area contributed by atoms with Crippen molar-refractivity contribution in [2.24, 2.45) is 0 Å². The van der Waals surface area contributed by atoms with Crippen LogP contribution in [0.1, 0.15) is 181 Å². The van der Waals surface area contributed by atoms with Crippen molar-refractivity contribution in [1.29, 1.82) is 0 Å². The quantitative estimate of drug-likeness (QED) is 0.0201. The normalized spacial score (nSPS) is 13.9. The molecule has 0 rings (SSSR count). The van der Waals surface area contributed by atoms with Gasteiger partial charge in [-0.3, -0.25) is 14.2 Å². The minimum absolute atomic E-state index is 0.0321. The van der Waals surface area contributed by atoms with Crippen LogP contribution in [0.25, 0.3) is 0 Å². The van der Waals surface area contributed by atoms with Crippen LogP contribution >= 0.6 is 7.82 Å². The van der Waals surface area contributed by atoms with Crippen LogP contribution in [0.3, 0.4) is 0 Å². The van der Waals surface area contributed by atoms with Gasteiger partial charge in [0.25, 0.3) is 7.82 Å². The van der Waals surface area contributed by atoms with Gasteiger partial charge in [0.2, 0.25) is 0 Å². The highest BCUT2D eigenvalue weighted by Crippen LogP contribution is 2.38. The molecule has 0 aliphatic rings. The second-order valence-corrected chi connectivity index (χ2v) is 16.8. The van der Waals surface area contributed by atoms with Crippen molar-refractivity contribution < 1.29 is 42.1 Å². The van der Waals surface area contributed by atoms with Gasteiger partial charge >= 0.3 is 11.9 Å². The second kappa shape index (κ2) is 35.2. The lowest BCUT2D eigenvalue weighted by molar-refractivity contribution is -0.870. The lowest BCUT2D eigenvalue weighted by Crippen LogP contribution is -2.37. The molecule has 0 aromatic heterocycles. The third kappa shape index (κ3) is 38.2. The zero-order valence-corrected chi connectivity index (χ0v) is 35.2. The Bertz CT molecular complexity index is 949. The zero-order chi connectivity index (χ0) is 38.6. The Morgan fingerprint density at radius 3 is 1.71 bits per heavy atom. The fourth-order valence-corrected chi connectivity index (χ4v) is 6.35. The maximum absolute atomic E-state index is 12.6. The molecule has 0 radical (unpaired) electrons. The molecule has 52 heavy (non-hydrogen) atoms. The number of ether oxygens (including phenoxy) is 2. The summed E-state index contributed by atoms with van der Waals surface area (Å²) in [7, 11) is 1.16. The van der Waals surface area contributed by atoms with Gasteiger partial charge in [-0.1, -0.05) is 147 Å². The van der Waals surface area contributed by atoms with E-state index in [1.165, 1.54) is 89.9 Å². The molecule has 0 fully saturated rings. The molecule has 10 heteroatoms. The zero-order valence-electron chi connectivity index (χ0n) is 34.3. The van der Waals surface area contributed by atoms with Gasteiger partial charge in [-0.2, -0.15) is 0 Å². The summed E-state index contributed by atoms with van der Waals surface area (Å²) in [5.41, 5.74) is 0. The van der Waals surface area contributed by atoms with Crippen LogP contribution in [0.2, 0.25) is 0 Å². The number of hydrogen-bond donors (Lipinski definition) is 0. The number of quaternary nitrogens is 1. The number of allylic oxidation sites excluding steroid dienone is 4. The number of unbranched alkanes of at least 4 members (excludes halogenated alkanes) is 20. The van der Waals surface area contributed by atoms with E-state index < -0.39 is 26.5 Å². The Morgan fingerprint density at radius 1 is 0.673 bits per heavy atom. The van der Waals surface area contributed by atoms with E-state index in [9.17, 15) is 19.0 Å². The van der Waals surface area contributed by atoms with Gasteiger partial charge in [0.1, 0.15) is 19.8 Å². The topological polar surface area (TPSA) is 111 Å². The van der Waals surface area contributed by atoms with Crippen molar-refractivity contribution in [3.63, 3.8) is 0 Å². The highest BCUT2D eigenvalue weighted by molar-refractivity contribution is 7.45. The van der Waals surface area contributed by atoms with Gasteiger partial charge in [0.05, 0.1) is 27.7 Å².